The van der Waals surface area contributed by atoms with Crippen molar-refractivity contribution in [3.05, 3.63) is 93.4 Å². The second kappa shape index (κ2) is 13.8. The predicted molar refractivity (Wildman–Crippen MR) is 158 cm³/mol. The molecule has 11 heteroatoms. The summed E-state index contributed by atoms with van der Waals surface area (Å²) in [6, 6.07) is 20.4. The number of rotatable bonds is 12. The molecule has 1 atom stereocenters. The lowest BCUT2D eigenvalue weighted by Gasteiger charge is -2.33. The van der Waals surface area contributed by atoms with E-state index >= 15 is 0 Å². The first-order valence-corrected chi connectivity index (χ1v) is 15.2. The molecule has 1 N–H and O–H groups in total. The predicted octanol–water partition coefficient (Wildman–Crippen LogP) is 4.65. The molecule has 208 valence electrons. The molecule has 0 heterocycles. The molecule has 0 saturated carbocycles. The summed E-state index contributed by atoms with van der Waals surface area (Å²) in [7, 11) is -2.45. The van der Waals surface area contributed by atoms with Gasteiger partial charge in [-0.15, -0.1) is 0 Å². The van der Waals surface area contributed by atoms with Crippen LogP contribution in [0.15, 0.2) is 77.3 Å². The third-order valence-electron chi connectivity index (χ3n) is 5.97. The topological polar surface area (TPSA) is 96.0 Å². The Morgan fingerprint density at radius 2 is 1.72 bits per heavy atom. The number of hydrogen-bond acceptors (Lipinski definition) is 5. The average Bonchev–Trinajstić information content (AvgIpc) is 2.89. The largest absolute Gasteiger partial charge is 0.495 e. The lowest BCUT2D eigenvalue weighted by Crippen LogP contribution is -2.53. The van der Waals surface area contributed by atoms with Gasteiger partial charge in [0.05, 0.1) is 24.1 Å². The summed E-state index contributed by atoms with van der Waals surface area (Å²) in [6.45, 7) is 1.74. The molecule has 0 spiro atoms. The molecule has 0 aliphatic heterocycles. The van der Waals surface area contributed by atoms with E-state index in [4.69, 9.17) is 16.3 Å². The van der Waals surface area contributed by atoms with E-state index in [0.717, 1.165) is 26.2 Å². The molecule has 0 fully saturated rings. The number of halogens is 2. The van der Waals surface area contributed by atoms with Crippen LogP contribution in [-0.2, 0) is 32.6 Å². The summed E-state index contributed by atoms with van der Waals surface area (Å²) >= 11 is 9.72. The van der Waals surface area contributed by atoms with Crippen LogP contribution in [0.2, 0.25) is 5.02 Å². The maximum absolute atomic E-state index is 14.0. The Kier molecular flexibility index (Phi) is 10.8. The molecule has 0 bridgehead atoms. The molecule has 8 nitrogen and oxygen atoms in total. The maximum Gasteiger partial charge on any atom is 0.244 e. The van der Waals surface area contributed by atoms with Crippen LogP contribution in [0.5, 0.6) is 5.75 Å². The van der Waals surface area contributed by atoms with Gasteiger partial charge in [-0.05, 0) is 48.4 Å². The number of methoxy groups -OCH3 is 1. The van der Waals surface area contributed by atoms with E-state index in [1.165, 1.54) is 30.2 Å². The molecule has 0 aromatic heterocycles. The number of nitrogens with zero attached hydrogens (tertiary/aromatic N) is 2. The number of likely N-dealkylation sites (N-methyl/N-ethyl adjacent to an activating group) is 1. The van der Waals surface area contributed by atoms with E-state index in [9.17, 15) is 18.0 Å². The van der Waals surface area contributed by atoms with Crippen molar-refractivity contribution < 1.29 is 22.7 Å². The molecule has 1 unspecified atom stereocenters. The highest BCUT2D eigenvalue weighted by Crippen LogP contribution is 2.30. The average molecular weight is 637 g/mol. The van der Waals surface area contributed by atoms with E-state index in [0.29, 0.717) is 12.3 Å². The highest BCUT2D eigenvalue weighted by atomic mass is 79.9. The summed E-state index contributed by atoms with van der Waals surface area (Å²) < 4.78 is 32.7. The summed E-state index contributed by atoms with van der Waals surface area (Å²) in [5.74, 6) is -0.502. The fourth-order valence-electron chi connectivity index (χ4n) is 4.10. The first-order valence-electron chi connectivity index (χ1n) is 12.2. The normalized spacial score (nSPS) is 11.9. The van der Waals surface area contributed by atoms with Crippen molar-refractivity contribution in [2.45, 2.75) is 25.9 Å². The Morgan fingerprint density at radius 1 is 1.03 bits per heavy atom. The highest BCUT2D eigenvalue weighted by Gasteiger charge is 2.33. The molecular formula is C28H31BrClN3O5S. The SMILES string of the molecule is CCNC(=O)C(Cc1ccccc1)N(Cc1cccc(Br)c1)C(=O)CN(c1ccc(OC)c(Cl)c1)S(C)(=O)=O. The lowest BCUT2D eigenvalue weighted by atomic mass is 10.0. The molecule has 0 aliphatic carbocycles. The number of nitrogens with one attached hydrogen (secondary N) is 1. The smallest absolute Gasteiger partial charge is 0.244 e. The zero-order valence-electron chi connectivity index (χ0n) is 21.9. The number of hydrogen-bond donors (Lipinski definition) is 1. The van der Waals surface area contributed by atoms with Crippen molar-refractivity contribution in [2.24, 2.45) is 0 Å². The minimum Gasteiger partial charge on any atom is -0.495 e. The molecule has 0 saturated heterocycles. The Hall–Kier alpha value is -3.08. The zero-order valence-corrected chi connectivity index (χ0v) is 25.1. The molecule has 3 aromatic rings. The van der Waals surface area contributed by atoms with Crippen LogP contribution < -0.4 is 14.4 Å². The van der Waals surface area contributed by atoms with Crippen molar-refractivity contribution in [1.29, 1.82) is 0 Å². The van der Waals surface area contributed by atoms with E-state index in [-0.39, 0.29) is 29.6 Å². The number of carbonyl (C=O) groups is 2. The van der Waals surface area contributed by atoms with E-state index in [2.05, 4.69) is 21.2 Å². The van der Waals surface area contributed by atoms with E-state index in [1.54, 1.807) is 6.92 Å². The molecule has 3 rings (SSSR count). The van der Waals surface area contributed by atoms with Crippen LogP contribution in [0.1, 0.15) is 18.1 Å². The van der Waals surface area contributed by atoms with E-state index in [1.807, 2.05) is 54.6 Å². The molecule has 0 aliphatic rings. The van der Waals surface area contributed by atoms with Gasteiger partial charge in [-0.3, -0.25) is 13.9 Å². The van der Waals surface area contributed by atoms with Crippen LogP contribution in [0.3, 0.4) is 0 Å². The van der Waals surface area contributed by atoms with Gasteiger partial charge < -0.3 is 15.0 Å². The first-order chi connectivity index (χ1) is 18.5. The number of anilines is 1. The van der Waals surface area contributed by atoms with Crippen LogP contribution in [0.25, 0.3) is 0 Å². The van der Waals surface area contributed by atoms with Gasteiger partial charge in [0.2, 0.25) is 21.8 Å². The van der Waals surface area contributed by atoms with Crippen molar-refractivity contribution in [2.75, 3.05) is 30.8 Å². The molecular weight excluding hydrogens is 606 g/mol. The quantitative estimate of drug-likeness (QED) is 0.312. The van der Waals surface area contributed by atoms with E-state index < -0.39 is 28.5 Å². The van der Waals surface area contributed by atoms with Gasteiger partial charge in [-0.2, -0.15) is 0 Å². The third-order valence-corrected chi connectivity index (χ3v) is 7.90. The number of sulfonamides is 1. The minimum absolute atomic E-state index is 0.0911. The minimum atomic E-state index is -3.90. The third kappa shape index (κ3) is 8.45. The molecule has 39 heavy (non-hydrogen) atoms. The van der Waals surface area contributed by atoms with Gasteiger partial charge in [0.1, 0.15) is 18.3 Å². The van der Waals surface area contributed by atoms with Gasteiger partial charge in [0.25, 0.3) is 0 Å². The zero-order chi connectivity index (χ0) is 28.6. The van der Waals surface area contributed by atoms with Gasteiger partial charge in [0, 0.05) is 24.0 Å². The number of ether oxygens (including phenoxy) is 1. The monoisotopic (exact) mass is 635 g/mol. The van der Waals surface area contributed by atoms with Crippen molar-refractivity contribution in [3.8, 4) is 5.75 Å². The van der Waals surface area contributed by atoms with Crippen LogP contribution in [0.4, 0.5) is 5.69 Å². The Labute approximate surface area is 243 Å². The summed E-state index contributed by atoms with van der Waals surface area (Å²) in [5.41, 5.74) is 1.85. The maximum atomic E-state index is 14.0. The Balaban J connectivity index is 2.05. The standard InChI is InChI=1S/C28H31BrClN3O5S/c1-4-31-28(35)25(16-20-9-6-5-7-10-20)32(18-21-11-8-12-22(29)15-21)27(34)19-33(39(3,36)37)23-13-14-26(38-2)24(30)17-23/h5-15,17,25H,4,16,18-19H2,1-3H3,(H,31,35). The van der Waals surface area contributed by atoms with Crippen molar-refractivity contribution in [1.82, 2.24) is 10.2 Å². The second-order valence-electron chi connectivity index (χ2n) is 8.84. The van der Waals surface area contributed by atoms with Gasteiger partial charge in [-0.25, -0.2) is 8.42 Å². The number of carbonyl (C=O) groups excluding carboxylic acids is 2. The number of benzene rings is 3. The molecule has 0 radical (unpaired) electrons. The van der Waals surface area contributed by atoms with Gasteiger partial charge in [-0.1, -0.05) is 70.0 Å². The first kappa shape index (κ1) is 30.5. The van der Waals surface area contributed by atoms with Gasteiger partial charge in [0.15, 0.2) is 0 Å². The van der Waals surface area contributed by atoms with Crippen molar-refractivity contribution >= 4 is 55.1 Å². The fourth-order valence-corrected chi connectivity index (χ4v) is 5.64. The summed E-state index contributed by atoms with van der Waals surface area (Å²) in [5, 5.41) is 3.03. The second-order valence-corrected chi connectivity index (χ2v) is 12.1. The molecule has 3 aromatic carbocycles. The lowest BCUT2D eigenvalue weighted by molar-refractivity contribution is -0.140. The summed E-state index contributed by atoms with van der Waals surface area (Å²) in [6.07, 6.45) is 1.27. The van der Waals surface area contributed by atoms with Gasteiger partial charge >= 0.3 is 0 Å². The van der Waals surface area contributed by atoms with Crippen LogP contribution in [-0.4, -0.2) is 57.6 Å². The van der Waals surface area contributed by atoms with Crippen LogP contribution >= 0.6 is 27.5 Å². The summed E-state index contributed by atoms with van der Waals surface area (Å²) in [4.78, 5) is 28.8. The number of amides is 2. The Morgan fingerprint density at radius 3 is 2.31 bits per heavy atom. The highest BCUT2D eigenvalue weighted by molar-refractivity contribution is 9.10. The van der Waals surface area contributed by atoms with Crippen LogP contribution in [0, 0.1) is 0 Å². The van der Waals surface area contributed by atoms with Crippen molar-refractivity contribution in [3.63, 3.8) is 0 Å². The Bertz CT molecular complexity index is 1410. The fraction of sp³-hybridized carbons (Fsp3) is 0.286. The molecule has 2 amide bonds.